The molecule has 2 aliphatic heterocycles. The number of aryl methyl sites for hydroxylation is 1. The van der Waals surface area contributed by atoms with Crippen LogP contribution >= 0.6 is 22.7 Å². The lowest BCUT2D eigenvalue weighted by Crippen LogP contribution is -2.34. The van der Waals surface area contributed by atoms with Crippen molar-refractivity contribution in [3.63, 3.8) is 0 Å². The average molecular weight is 1510 g/mol. The van der Waals surface area contributed by atoms with E-state index in [0.29, 0.717) is 36.1 Å². The Morgan fingerprint density at radius 2 is 0.806 bits per heavy atom. The fourth-order valence-corrected chi connectivity index (χ4v) is 19.3. The van der Waals surface area contributed by atoms with Crippen LogP contribution in [-0.2, 0) is 27.1 Å². The number of aromatic nitrogens is 2. The topological polar surface area (TPSA) is 93.7 Å². The van der Waals surface area contributed by atoms with Crippen LogP contribution in [0.1, 0.15) is 379 Å². The third-order valence-corrected chi connectivity index (χ3v) is 26.5. The molecule has 0 aliphatic carbocycles. The summed E-state index contributed by atoms with van der Waals surface area (Å²) in [5.41, 5.74) is 14.8. The van der Waals surface area contributed by atoms with Crippen molar-refractivity contribution >= 4 is 78.5 Å². The molecule has 2 N–H and O–H groups in total. The molecule has 0 fully saturated rings. The normalized spacial score (nSPS) is 14.3. The highest BCUT2D eigenvalue weighted by Crippen LogP contribution is 2.52. The minimum Gasteiger partial charge on any atom is -0.494 e. The molecule has 108 heavy (non-hydrogen) atoms. The van der Waals surface area contributed by atoms with Gasteiger partial charge in [0.25, 0.3) is 11.8 Å². The summed E-state index contributed by atoms with van der Waals surface area (Å²) in [6.07, 6.45) is 54.7. The number of carbonyl (C=O) groups is 2. The number of hydrogen-bond acceptors (Lipinski definition) is 7. The van der Waals surface area contributed by atoms with Gasteiger partial charge in [-0.15, -0.1) is 22.7 Å². The first kappa shape index (κ1) is 86.4. The van der Waals surface area contributed by atoms with Gasteiger partial charge in [0.1, 0.15) is 11.6 Å². The fourth-order valence-electron chi connectivity index (χ4n) is 17.2. The zero-order valence-corrected chi connectivity index (χ0v) is 71.7. The third kappa shape index (κ3) is 24.5. The van der Waals surface area contributed by atoms with Gasteiger partial charge in [0.05, 0.1) is 49.9 Å². The summed E-state index contributed by atoms with van der Waals surface area (Å²) in [5, 5.41) is 4.67. The van der Waals surface area contributed by atoms with Crippen molar-refractivity contribution in [1.29, 1.82) is 0 Å². The first-order chi connectivity index (χ1) is 52.5. The van der Waals surface area contributed by atoms with Crippen LogP contribution in [0.4, 0.5) is 0 Å². The zero-order valence-electron chi connectivity index (χ0n) is 70.1. The van der Waals surface area contributed by atoms with E-state index in [1.807, 2.05) is 0 Å². The number of amides is 2. The maximum Gasteiger partial charge on any atom is 0.261 e. The number of carbonyl (C=O) groups excluding carboxylic acids is 2. The second-order valence-electron chi connectivity index (χ2n) is 34.7. The van der Waals surface area contributed by atoms with Gasteiger partial charge in [-0.05, 0) is 152 Å². The van der Waals surface area contributed by atoms with Crippen molar-refractivity contribution in [2.24, 2.45) is 17.6 Å². The molecule has 9 rings (SSSR count). The molecule has 0 radical (unpaired) electrons. The van der Waals surface area contributed by atoms with E-state index in [0.717, 1.165) is 129 Å². The number of thiophene rings is 2. The maximum atomic E-state index is 16.4. The summed E-state index contributed by atoms with van der Waals surface area (Å²) in [4.78, 5) is 47.4. The zero-order chi connectivity index (χ0) is 76.7. The number of ether oxygens (including phenoxy) is 1. The molecule has 2 amide bonds. The molecule has 7 aromatic rings. The van der Waals surface area contributed by atoms with Crippen LogP contribution in [-0.4, -0.2) is 50.9 Å². The molecule has 4 aromatic carbocycles. The summed E-state index contributed by atoms with van der Waals surface area (Å²) >= 11 is 3.53. The van der Waals surface area contributed by atoms with Crippen molar-refractivity contribution in [2.75, 3.05) is 19.7 Å². The van der Waals surface area contributed by atoms with E-state index in [4.69, 9.17) is 15.5 Å². The number of imidazole rings is 1. The quantitative estimate of drug-likeness (QED) is 0.0303. The minimum atomic E-state index is -0.549. The molecule has 2 atom stereocenters. The second kappa shape index (κ2) is 45.2. The van der Waals surface area contributed by atoms with Crippen LogP contribution in [0.3, 0.4) is 0 Å². The highest BCUT2D eigenvalue weighted by molar-refractivity contribution is 7.16. The van der Waals surface area contributed by atoms with Gasteiger partial charge >= 0.3 is 0 Å². The first-order valence-corrected chi connectivity index (χ1v) is 46.4. The van der Waals surface area contributed by atoms with Crippen molar-refractivity contribution in [3.8, 4) is 27.6 Å². The predicted molar refractivity (Wildman–Crippen MR) is 471 cm³/mol. The Morgan fingerprint density at radius 1 is 0.407 bits per heavy atom. The van der Waals surface area contributed by atoms with Crippen molar-refractivity contribution < 1.29 is 14.3 Å². The van der Waals surface area contributed by atoms with Crippen molar-refractivity contribution in [3.05, 3.63) is 116 Å². The van der Waals surface area contributed by atoms with Gasteiger partial charge in [-0.1, -0.05) is 331 Å². The molecule has 0 saturated carbocycles. The summed E-state index contributed by atoms with van der Waals surface area (Å²) in [6, 6.07) is 31.8. The molecule has 10 heteroatoms. The minimum absolute atomic E-state index is 0.0142. The van der Waals surface area contributed by atoms with E-state index in [1.165, 1.54) is 259 Å². The number of unbranched alkanes of at least 4 members (excludes halogenated alkanes) is 34. The van der Waals surface area contributed by atoms with Gasteiger partial charge in [-0.3, -0.25) is 9.59 Å². The lowest BCUT2D eigenvalue weighted by Gasteiger charge is -2.29. The fraction of sp³-hybridized carbons (Fsp3) is 0.643. The molecule has 3 aromatic heterocycles. The smallest absolute Gasteiger partial charge is 0.261 e. The van der Waals surface area contributed by atoms with Gasteiger partial charge < -0.3 is 24.8 Å². The van der Waals surface area contributed by atoms with Gasteiger partial charge in [-0.25, -0.2) is 4.98 Å². The average Bonchev–Trinajstić information content (AvgIpc) is 1.53. The summed E-state index contributed by atoms with van der Waals surface area (Å²) in [7, 11) is 0. The molecule has 8 nitrogen and oxygen atoms in total. The summed E-state index contributed by atoms with van der Waals surface area (Å²) in [5.74, 6) is 2.59. The number of nitrogens with zero attached hydrogens (tertiary/aromatic N) is 4. The van der Waals surface area contributed by atoms with Crippen LogP contribution in [0.25, 0.3) is 65.8 Å². The number of hydrogen-bond donors (Lipinski definition) is 1. The Balaban J connectivity index is 1.15. The third-order valence-electron chi connectivity index (χ3n) is 23.8. The molecule has 5 heterocycles. The van der Waals surface area contributed by atoms with Crippen LogP contribution in [0.2, 0.25) is 0 Å². The number of rotatable bonds is 56. The van der Waals surface area contributed by atoms with Crippen LogP contribution in [0, 0.1) is 11.8 Å². The van der Waals surface area contributed by atoms with Gasteiger partial charge in [0.2, 0.25) is 0 Å². The van der Waals surface area contributed by atoms with E-state index in [1.54, 1.807) is 22.7 Å². The number of benzene rings is 4. The van der Waals surface area contributed by atoms with E-state index < -0.39 is 5.54 Å². The Labute approximate surface area is 665 Å². The van der Waals surface area contributed by atoms with Crippen molar-refractivity contribution in [1.82, 2.24) is 19.4 Å². The van der Waals surface area contributed by atoms with E-state index in [-0.39, 0.29) is 17.2 Å². The molecule has 2 aliphatic rings. The number of fused-ring (bicyclic) bond motifs is 7. The Kier molecular flexibility index (Phi) is 36.2. The standard InChI is InChI=1S/C98H147N5O3S2/c1-12-18-24-30-34-36-38-40-44-50-68-101-91-83-71-78(98(10,11)99)59-63-81(83)80-62-58-77(70-82(80)90(91)100-94(101)76-56-60-79(61-57-76)106-69-51-45-41-39-37-35-31-25-19-13-2)84-64-65-85(107-84)92-88-89(96(105)102(92)72-74(52-46-28-22-16-5)54-48-42-32-26-20-14-3)93(86-66-67-87(108-86)97(7,8)9)103(95(88)104)73-75(53-47-29-23-17-6)55-49-43-33-27-21-15-4/h56-67,70-71,74-75H,12-55,68-69,72-73,99H2,1-11H3. The largest absolute Gasteiger partial charge is 0.494 e. The molecule has 0 saturated heterocycles. The second-order valence-corrected chi connectivity index (χ2v) is 36.8. The van der Waals surface area contributed by atoms with Crippen molar-refractivity contribution in [2.45, 2.75) is 376 Å². The summed E-state index contributed by atoms with van der Waals surface area (Å²) < 4.78 is 9.02. The SMILES string of the molecule is CCCCCCCCCCCCOc1ccc(-c2nc3c4cc(-c5ccc(C6=C7C(=O)N(CC(CCCCCC)CCCCCCCC)C(c8ccc(C(C)(C)C)s8)=C7C(=O)N6CC(CCCCCC)CCCCCCCC)s5)ccc4c4ccc(C(C)(C)N)cc4c3n2CCCCCCCCCCCC)cc1. The van der Waals surface area contributed by atoms with Gasteiger partial charge in [0.15, 0.2) is 0 Å². The highest BCUT2D eigenvalue weighted by atomic mass is 32.1. The predicted octanol–water partition coefficient (Wildman–Crippen LogP) is 30.0. The molecular formula is C98H147N5O3S2. The lowest BCUT2D eigenvalue weighted by atomic mass is 9.90. The van der Waals surface area contributed by atoms with Crippen LogP contribution in [0.5, 0.6) is 5.75 Å². The Morgan fingerprint density at radius 3 is 1.27 bits per heavy atom. The van der Waals surface area contributed by atoms with E-state index in [9.17, 15) is 0 Å². The number of nitrogens with two attached hydrogens (primary N) is 1. The Hall–Kier alpha value is -5.55. The van der Waals surface area contributed by atoms with Crippen LogP contribution < -0.4 is 10.5 Å². The summed E-state index contributed by atoms with van der Waals surface area (Å²) in [6.45, 7) is 27.7. The Bertz CT molecular complexity index is 3900. The first-order valence-electron chi connectivity index (χ1n) is 44.8. The van der Waals surface area contributed by atoms with E-state index >= 15 is 9.59 Å². The lowest BCUT2D eigenvalue weighted by molar-refractivity contribution is -0.124. The highest BCUT2D eigenvalue weighted by Gasteiger charge is 2.50. The molecule has 2 unspecified atom stereocenters. The van der Waals surface area contributed by atoms with Gasteiger partial charge in [0, 0.05) is 51.3 Å². The molecule has 0 bridgehead atoms. The molecular weight excluding hydrogens is 1360 g/mol. The van der Waals surface area contributed by atoms with E-state index in [2.05, 4.69) is 175 Å². The van der Waals surface area contributed by atoms with Crippen LogP contribution in [0.15, 0.2) is 96.1 Å². The monoisotopic (exact) mass is 1510 g/mol. The molecule has 0 spiro atoms. The molecule has 594 valence electrons. The maximum absolute atomic E-state index is 16.4. The van der Waals surface area contributed by atoms with Gasteiger partial charge in [-0.2, -0.15) is 0 Å².